The number of rotatable bonds is 4. The van der Waals surface area contributed by atoms with Gasteiger partial charge in [0.25, 0.3) is 10.0 Å². The second-order valence-electron chi connectivity index (χ2n) is 6.32. The van der Waals surface area contributed by atoms with Crippen LogP contribution in [0.3, 0.4) is 0 Å². The molecule has 3 aromatic carbocycles. The lowest BCUT2D eigenvalue weighted by Crippen LogP contribution is -2.13. The summed E-state index contributed by atoms with van der Waals surface area (Å²) in [5.74, 6) is -4.37. The topological polar surface area (TPSA) is 72.1 Å². The van der Waals surface area contributed by atoms with Crippen LogP contribution >= 0.6 is 15.9 Å². The number of fused-ring (bicyclic) bond motifs is 1. The van der Waals surface area contributed by atoms with Crippen LogP contribution in [-0.2, 0) is 10.0 Å². The maximum absolute atomic E-state index is 15.0. The molecule has 0 saturated heterocycles. The number of ether oxygens (including phenoxy) is 1. The van der Waals surface area contributed by atoms with Crippen LogP contribution in [0.5, 0.6) is 11.5 Å². The van der Waals surface area contributed by atoms with Crippen molar-refractivity contribution >= 4 is 36.9 Å². The van der Waals surface area contributed by atoms with Crippen molar-refractivity contribution in [3.05, 3.63) is 88.3 Å². The van der Waals surface area contributed by atoms with Crippen LogP contribution in [0.2, 0.25) is 0 Å². The average Bonchev–Trinajstić information content (AvgIpc) is 3.23. The van der Waals surface area contributed by atoms with Crippen molar-refractivity contribution in [2.75, 3.05) is 0 Å². The third-order valence-corrected chi connectivity index (χ3v) is 6.94. The average molecular weight is 507 g/mol. The lowest BCUT2D eigenvalue weighted by molar-refractivity contribution is 0.416. The maximum atomic E-state index is 15.0. The number of aromatic nitrogens is 1. The van der Waals surface area contributed by atoms with Crippen LogP contribution in [0.4, 0.5) is 13.2 Å². The molecule has 0 radical (unpaired) electrons. The largest absolute Gasteiger partial charge is 0.453 e. The van der Waals surface area contributed by atoms with Gasteiger partial charge >= 0.3 is 0 Å². The molecule has 10 heteroatoms. The predicted molar refractivity (Wildman–Crippen MR) is 110 cm³/mol. The highest BCUT2D eigenvalue weighted by Crippen LogP contribution is 2.41. The summed E-state index contributed by atoms with van der Waals surface area (Å²) in [5, 5.41) is 8.97. The summed E-state index contributed by atoms with van der Waals surface area (Å²) < 4.78 is 75.3. The Morgan fingerprint density at radius 3 is 2.39 bits per heavy atom. The van der Waals surface area contributed by atoms with Gasteiger partial charge in [-0.1, -0.05) is 18.2 Å². The zero-order valence-electron chi connectivity index (χ0n) is 15.3. The van der Waals surface area contributed by atoms with Crippen molar-refractivity contribution in [3.8, 4) is 17.6 Å². The zero-order valence-corrected chi connectivity index (χ0v) is 17.7. The van der Waals surface area contributed by atoms with E-state index in [1.165, 1.54) is 30.3 Å². The Labute approximate surface area is 183 Å². The summed E-state index contributed by atoms with van der Waals surface area (Å²) >= 11 is 3.13. The normalized spacial score (nSPS) is 11.5. The van der Waals surface area contributed by atoms with Gasteiger partial charge in [0, 0.05) is 17.6 Å². The molecular formula is C21H10BrF3N2O3S. The Morgan fingerprint density at radius 2 is 1.71 bits per heavy atom. The van der Waals surface area contributed by atoms with E-state index in [0.717, 1.165) is 24.4 Å². The first-order valence-corrected chi connectivity index (χ1v) is 10.8. The molecule has 1 heterocycles. The fraction of sp³-hybridized carbons (Fsp3) is 0. The van der Waals surface area contributed by atoms with Gasteiger partial charge in [0.05, 0.1) is 14.9 Å². The van der Waals surface area contributed by atoms with E-state index in [2.05, 4.69) is 15.9 Å². The number of benzene rings is 3. The van der Waals surface area contributed by atoms with Crippen LogP contribution in [0.15, 0.2) is 70.2 Å². The third-order valence-electron chi connectivity index (χ3n) is 4.47. The van der Waals surface area contributed by atoms with Gasteiger partial charge in [-0.15, -0.1) is 0 Å². The highest BCUT2D eigenvalue weighted by molar-refractivity contribution is 9.10. The van der Waals surface area contributed by atoms with E-state index in [1.807, 2.05) is 0 Å². The fourth-order valence-electron chi connectivity index (χ4n) is 3.00. The van der Waals surface area contributed by atoms with Crippen LogP contribution in [0, 0.1) is 28.8 Å². The molecule has 156 valence electrons. The van der Waals surface area contributed by atoms with Gasteiger partial charge in [-0.05, 0) is 46.3 Å². The van der Waals surface area contributed by atoms with Crippen molar-refractivity contribution in [1.29, 1.82) is 5.26 Å². The van der Waals surface area contributed by atoms with Crippen LogP contribution in [0.1, 0.15) is 5.56 Å². The van der Waals surface area contributed by atoms with E-state index in [0.29, 0.717) is 3.97 Å². The summed E-state index contributed by atoms with van der Waals surface area (Å²) in [6.45, 7) is 0. The summed E-state index contributed by atoms with van der Waals surface area (Å²) in [4.78, 5) is -0.0981. The van der Waals surface area contributed by atoms with Crippen molar-refractivity contribution in [2.45, 2.75) is 4.90 Å². The Kier molecular flexibility index (Phi) is 5.24. The van der Waals surface area contributed by atoms with Gasteiger partial charge in [0.1, 0.15) is 23.2 Å². The molecule has 1 aromatic heterocycles. The molecular weight excluding hydrogens is 497 g/mol. The van der Waals surface area contributed by atoms with Crippen LogP contribution in [-0.4, -0.2) is 12.4 Å². The second-order valence-corrected chi connectivity index (χ2v) is 8.93. The van der Waals surface area contributed by atoms with E-state index < -0.39 is 38.7 Å². The zero-order chi connectivity index (χ0) is 22.3. The third kappa shape index (κ3) is 3.45. The first-order valence-electron chi connectivity index (χ1n) is 8.61. The summed E-state index contributed by atoms with van der Waals surface area (Å²) in [7, 11) is -4.19. The Bertz CT molecular complexity index is 1480. The standard InChI is InChI=1S/C21H10BrF3N2O3S/c22-17-15-8-9-27(31(28,29)14-4-2-1-3-5-14)20(15)18(24)19(25)21(17)30-13-6-7-16(23)12(10-13)11-26/h1-10H. The fourth-order valence-corrected chi connectivity index (χ4v) is 4.94. The van der Waals surface area contributed by atoms with E-state index in [1.54, 1.807) is 12.1 Å². The molecule has 0 unspecified atom stereocenters. The van der Waals surface area contributed by atoms with Crippen molar-refractivity contribution in [2.24, 2.45) is 0 Å². The van der Waals surface area contributed by atoms with E-state index in [4.69, 9.17) is 10.00 Å². The van der Waals surface area contributed by atoms with Gasteiger partial charge in [0.15, 0.2) is 11.6 Å². The SMILES string of the molecule is N#Cc1cc(Oc2c(F)c(F)c3c(ccn3S(=O)(=O)c3ccccc3)c2Br)ccc1F. The minimum absolute atomic E-state index is 0.0380. The van der Waals surface area contributed by atoms with Gasteiger partial charge in [0.2, 0.25) is 5.82 Å². The minimum atomic E-state index is -4.19. The first kappa shape index (κ1) is 21.0. The minimum Gasteiger partial charge on any atom is -0.453 e. The number of halogens is 4. The molecule has 0 bridgehead atoms. The van der Waals surface area contributed by atoms with E-state index >= 15 is 4.39 Å². The number of nitriles is 1. The Hall–Kier alpha value is -3.29. The molecule has 0 spiro atoms. The summed E-state index contributed by atoms with van der Waals surface area (Å²) in [5.41, 5.74) is -0.840. The van der Waals surface area contributed by atoms with Gasteiger partial charge < -0.3 is 4.74 Å². The Balaban J connectivity index is 1.88. The second kappa shape index (κ2) is 7.76. The molecule has 5 nitrogen and oxygen atoms in total. The van der Waals surface area contributed by atoms with Gasteiger partial charge in [-0.2, -0.15) is 9.65 Å². The highest BCUT2D eigenvalue weighted by atomic mass is 79.9. The number of nitrogens with zero attached hydrogens (tertiary/aromatic N) is 2. The molecule has 4 aromatic rings. The quantitative estimate of drug-likeness (QED) is 0.331. The van der Waals surface area contributed by atoms with Crippen LogP contribution < -0.4 is 4.74 Å². The monoisotopic (exact) mass is 506 g/mol. The maximum Gasteiger partial charge on any atom is 0.268 e. The molecule has 4 rings (SSSR count). The summed E-state index contributed by atoms with van der Waals surface area (Å²) in [6, 6.07) is 13.4. The molecule has 0 saturated carbocycles. The molecule has 0 aliphatic rings. The smallest absolute Gasteiger partial charge is 0.268 e. The van der Waals surface area contributed by atoms with Crippen molar-refractivity contribution < 1.29 is 26.3 Å². The van der Waals surface area contributed by atoms with Crippen LogP contribution in [0.25, 0.3) is 10.9 Å². The van der Waals surface area contributed by atoms with E-state index in [-0.39, 0.29) is 26.1 Å². The van der Waals surface area contributed by atoms with E-state index in [9.17, 15) is 17.2 Å². The van der Waals surface area contributed by atoms with Crippen molar-refractivity contribution in [1.82, 2.24) is 3.97 Å². The molecule has 0 atom stereocenters. The molecule has 0 fully saturated rings. The lowest BCUT2D eigenvalue weighted by atomic mass is 10.2. The van der Waals surface area contributed by atoms with Gasteiger partial charge in [-0.25, -0.2) is 21.2 Å². The molecule has 31 heavy (non-hydrogen) atoms. The number of hydrogen-bond donors (Lipinski definition) is 0. The Morgan fingerprint density at radius 1 is 1.00 bits per heavy atom. The molecule has 0 amide bonds. The van der Waals surface area contributed by atoms with Gasteiger partial charge in [-0.3, -0.25) is 0 Å². The number of hydrogen-bond acceptors (Lipinski definition) is 4. The highest BCUT2D eigenvalue weighted by Gasteiger charge is 2.27. The molecule has 0 aliphatic carbocycles. The van der Waals surface area contributed by atoms with Crippen molar-refractivity contribution in [3.63, 3.8) is 0 Å². The summed E-state index contributed by atoms with van der Waals surface area (Å²) in [6.07, 6.45) is 1.11. The lowest BCUT2D eigenvalue weighted by Gasteiger charge is -2.13. The molecule has 0 N–H and O–H groups in total. The predicted octanol–water partition coefficient (Wildman–Crippen LogP) is 5.72. The first-order chi connectivity index (χ1) is 14.8. The molecule has 0 aliphatic heterocycles.